The number of rotatable bonds is 17. The van der Waals surface area contributed by atoms with Gasteiger partial charge in [-0.05, 0) is 36.8 Å². The van der Waals surface area contributed by atoms with Crippen LogP contribution in [0, 0.1) is 22.0 Å². The van der Waals surface area contributed by atoms with E-state index in [1.807, 2.05) is 0 Å². The van der Waals surface area contributed by atoms with E-state index in [1.165, 1.54) is 24.3 Å². The number of phosphoric acid groups is 1. The minimum absolute atomic E-state index is 0. The number of nitrogens with zero attached hydrogens (tertiary/aromatic N) is 1. The molecule has 9 heteroatoms. The third-order valence-electron chi connectivity index (χ3n) is 5.29. The summed E-state index contributed by atoms with van der Waals surface area (Å²) in [5.74, 6) is 0.793. The van der Waals surface area contributed by atoms with Gasteiger partial charge in [0.25, 0.3) is 5.69 Å². The van der Waals surface area contributed by atoms with Gasteiger partial charge in [-0.25, -0.2) is 4.57 Å². The molecule has 2 unspecified atom stereocenters. The van der Waals surface area contributed by atoms with Crippen LogP contribution in [0.3, 0.4) is 0 Å². The van der Waals surface area contributed by atoms with Gasteiger partial charge in [0.1, 0.15) is 5.75 Å². The molecule has 1 rings (SSSR count). The van der Waals surface area contributed by atoms with Crippen LogP contribution >= 0.6 is 7.82 Å². The number of nitro benzene ring substituents is 1. The number of nitro groups is 1. The van der Waals surface area contributed by atoms with Gasteiger partial charge in [0.15, 0.2) is 0 Å². The van der Waals surface area contributed by atoms with Crippen molar-refractivity contribution in [2.45, 2.75) is 79.1 Å². The van der Waals surface area contributed by atoms with E-state index in [4.69, 9.17) is 13.6 Å². The Hall–Kier alpha value is -0.430. The number of phosphoric ester groups is 1. The fraction of sp³-hybridized carbons (Fsp3) is 0.727. The van der Waals surface area contributed by atoms with Gasteiger partial charge in [-0.15, -0.1) is 0 Å². The van der Waals surface area contributed by atoms with Crippen molar-refractivity contribution in [1.29, 1.82) is 0 Å². The van der Waals surface area contributed by atoms with E-state index >= 15 is 0 Å². The van der Waals surface area contributed by atoms with Crippen molar-refractivity contribution < 1.29 is 23.1 Å². The van der Waals surface area contributed by atoms with Gasteiger partial charge in [0, 0.05) is 12.1 Å². The Kier molecular flexibility index (Phi) is 16.9. The Morgan fingerprint density at radius 3 is 1.71 bits per heavy atom. The van der Waals surface area contributed by atoms with E-state index in [-0.39, 0.29) is 52.8 Å². The number of benzene rings is 1. The maximum atomic E-state index is 13.4. The van der Waals surface area contributed by atoms with Crippen LogP contribution in [0.4, 0.5) is 5.69 Å². The first-order valence-electron chi connectivity index (χ1n) is 11.2. The third-order valence-corrected chi connectivity index (χ3v) is 6.65. The van der Waals surface area contributed by atoms with E-state index in [2.05, 4.69) is 27.7 Å². The first-order chi connectivity index (χ1) is 14.4. The molecule has 0 saturated carbocycles. The molecule has 174 valence electrons. The zero-order valence-electron chi connectivity index (χ0n) is 18.9. The second kappa shape index (κ2) is 17.1. The first kappa shape index (κ1) is 30.6. The predicted molar refractivity (Wildman–Crippen MR) is 127 cm³/mol. The number of non-ortho nitro benzene ring substituents is 1. The summed E-state index contributed by atoms with van der Waals surface area (Å²) in [5.41, 5.74) is -0.0600. The van der Waals surface area contributed by atoms with Crippen LogP contribution in [-0.4, -0.2) is 47.7 Å². The van der Waals surface area contributed by atoms with Crippen LogP contribution in [0.1, 0.15) is 79.1 Å². The fourth-order valence-corrected chi connectivity index (χ4v) is 4.38. The van der Waals surface area contributed by atoms with Crippen LogP contribution in [0.2, 0.25) is 0 Å². The second-order valence-electron chi connectivity index (χ2n) is 7.71. The van der Waals surface area contributed by atoms with Gasteiger partial charge in [-0.1, -0.05) is 66.2 Å². The molecule has 0 aliphatic carbocycles. The van der Waals surface area contributed by atoms with E-state index < -0.39 is 12.7 Å². The van der Waals surface area contributed by atoms with Crippen molar-refractivity contribution in [2.75, 3.05) is 13.2 Å². The van der Waals surface area contributed by atoms with E-state index in [9.17, 15) is 14.7 Å². The van der Waals surface area contributed by atoms with E-state index in [0.29, 0.717) is 13.2 Å². The van der Waals surface area contributed by atoms with Gasteiger partial charge >= 0.3 is 37.4 Å². The molecule has 7 nitrogen and oxygen atoms in total. The van der Waals surface area contributed by atoms with E-state index in [0.717, 1.165) is 51.4 Å². The third kappa shape index (κ3) is 12.4. The maximum absolute atomic E-state index is 13.4. The second-order valence-corrected chi connectivity index (χ2v) is 9.31. The summed E-state index contributed by atoms with van der Waals surface area (Å²) >= 11 is 0. The summed E-state index contributed by atoms with van der Waals surface area (Å²) in [6, 6.07) is 5.46. The molecule has 2 atom stereocenters. The normalized spacial score (nSPS) is 14.8. The summed E-state index contributed by atoms with van der Waals surface area (Å²) in [7, 11) is -3.85. The molecule has 31 heavy (non-hydrogen) atoms. The molecule has 0 aliphatic rings. The standard InChI is InChI=1S/C22H38NO6P.Na.H/c1-5-9-11-19(7-3)17-27-30(26,28-18-20(8-4)12-10-6-2)29-22-15-13-21(14-16-22)23(24)25;;/h13-16,19-20H,5-12,17-18H2,1-4H3;;. The minimum atomic E-state index is -3.85. The zero-order chi connectivity index (χ0) is 22.4. The van der Waals surface area contributed by atoms with Crippen molar-refractivity contribution in [3.63, 3.8) is 0 Å². The summed E-state index contributed by atoms with van der Waals surface area (Å²) < 4.78 is 30.5. The Balaban J connectivity index is 0.00000900. The molecular weight excluding hydrogens is 428 g/mol. The Morgan fingerprint density at radius 1 is 0.903 bits per heavy atom. The molecule has 0 bridgehead atoms. The van der Waals surface area contributed by atoms with Gasteiger partial charge < -0.3 is 4.52 Å². The summed E-state index contributed by atoms with van der Waals surface area (Å²) in [6.07, 6.45) is 8.21. The quantitative estimate of drug-likeness (QED) is 0.107. The molecule has 0 aliphatic heterocycles. The SMILES string of the molecule is CCCCC(CC)COP(=O)(OCC(CC)CCCC)Oc1ccc([N+](=O)[O-])cc1.[NaH]. The molecule has 1 aromatic rings. The van der Waals surface area contributed by atoms with Gasteiger partial charge in [-0.3, -0.25) is 19.2 Å². The Morgan fingerprint density at radius 2 is 1.35 bits per heavy atom. The summed E-state index contributed by atoms with van der Waals surface area (Å²) in [6.45, 7) is 9.05. The molecule has 0 N–H and O–H groups in total. The van der Waals surface area contributed by atoms with Crippen molar-refractivity contribution in [3.05, 3.63) is 34.4 Å². The van der Waals surface area contributed by atoms with Crippen LogP contribution in [0.25, 0.3) is 0 Å². The fourth-order valence-electron chi connectivity index (χ4n) is 3.04. The first-order valence-corrected chi connectivity index (χ1v) is 12.7. The van der Waals surface area contributed by atoms with Crippen LogP contribution in [-0.2, 0) is 13.6 Å². The molecule has 0 radical (unpaired) electrons. The van der Waals surface area contributed by atoms with Crippen LogP contribution in [0.5, 0.6) is 5.75 Å². The number of unbranched alkanes of at least 4 members (excludes halogenated alkanes) is 2. The Labute approximate surface area is 209 Å². The molecule has 0 aromatic heterocycles. The topological polar surface area (TPSA) is 87.9 Å². The molecule has 0 spiro atoms. The molecule has 0 amide bonds. The predicted octanol–water partition coefficient (Wildman–Crippen LogP) is 6.90. The van der Waals surface area contributed by atoms with Gasteiger partial charge in [0.2, 0.25) is 0 Å². The average Bonchev–Trinajstić information content (AvgIpc) is 2.74. The molecule has 0 heterocycles. The van der Waals surface area contributed by atoms with Crippen LogP contribution < -0.4 is 4.52 Å². The molecular formula is C22H39NNaO6P. The van der Waals surface area contributed by atoms with Crippen molar-refractivity contribution in [2.24, 2.45) is 11.8 Å². The van der Waals surface area contributed by atoms with Crippen molar-refractivity contribution in [3.8, 4) is 5.75 Å². The zero-order valence-corrected chi connectivity index (χ0v) is 19.8. The van der Waals surface area contributed by atoms with Gasteiger partial charge in [0.05, 0.1) is 18.1 Å². The monoisotopic (exact) mass is 467 g/mol. The summed E-state index contributed by atoms with van der Waals surface area (Å²) in [5, 5.41) is 10.9. The van der Waals surface area contributed by atoms with E-state index in [1.54, 1.807) is 0 Å². The van der Waals surface area contributed by atoms with Crippen LogP contribution in [0.15, 0.2) is 24.3 Å². The van der Waals surface area contributed by atoms with Crippen molar-refractivity contribution >= 4 is 43.1 Å². The molecule has 0 saturated heterocycles. The Bertz CT molecular complexity index is 634. The van der Waals surface area contributed by atoms with Crippen molar-refractivity contribution in [1.82, 2.24) is 0 Å². The van der Waals surface area contributed by atoms with Gasteiger partial charge in [-0.2, -0.15) is 0 Å². The number of hydrogen-bond donors (Lipinski definition) is 0. The molecule has 1 aromatic carbocycles. The summed E-state index contributed by atoms with van der Waals surface area (Å²) in [4.78, 5) is 10.4. The average molecular weight is 468 g/mol. The number of hydrogen-bond acceptors (Lipinski definition) is 6. The molecule has 0 fully saturated rings.